The van der Waals surface area contributed by atoms with Crippen molar-refractivity contribution < 1.29 is 19.8 Å². The lowest BCUT2D eigenvalue weighted by Gasteiger charge is -2.13. The molecular formula is C11H14N2O4. The summed E-state index contributed by atoms with van der Waals surface area (Å²) < 4.78 is 0. The van der Waals surface area contributed by atoms with Crippen molar-refractivity contribution in [3.05, 3.63) is 29.3 Å². The molecule has 1 aromatic carbocycles. The van der Waals surface area contributed by atoms with Crippen LogP contribution in [0.3, 0.4) is 0 Å². The summed E-state index contributed by atoms with van der Waals surface area (Å²) >= 11 is 0. The number of anilines is 1. The number of carbonyl (C=O) groups is 2. The van der Waals surface area contributed by atoms with E-state index in [4.69, 9.17) is 15.9 Å². The van der Waals surface area contributed by atoms with Gasteiger partial charge in [0.25, 0.3) is 5.91 Å². The number of nitrogens with two attached hydrogens (primary N) is 1. The van der Waals surface area contributed by atoms with Crippen molar-refractivity contribution in [2.24, 2.45) is 0 Å². The van der Waals surface area contributed by atoms with Gasteiger partial charge in [0, 0.05) is 5.69 Å². The number of aliphatic hydroxyl groups excluding tert-OH is 1. The van der Waals surface area contributed by atoms with E-state index in [1.54, 1.807) is 25.1 Å². The van der Waals surface area contributed by atoms with Gasteiger partial charge in [-0.25, -0.2) is 4.79 Å². The number of carboxylic acid groups (broad SMARTS) is 1. The summed E-state index contributed by atoms with van der Waals surface area (Å²) in [5.41, 5.74) is 6.90. The molecule has 1 atom stereocenters. The molecule has 1 aromatic rings. The maximum atomic E-state index is 11.7. The number of aliphatic carboxylic acids is 1. The molecule has 0 aliphatic heterocycles. The highest BCUT2D eigenvalue weighted by Crippen LogP contribution is 2.13. The van der Waals surface area contributed by atoms with E-state index >= 15 is 0 Å². The summed E-state index contributed by atoms with van der Waals surface area (Å²) in [6, 6.07) is 3.54. The molecule has 0 radical (unpaired) electrons. The van der Waals surface area contributed by atoms with Gasteiger partial charge in [-0.05, 0) is 19.1 Å². The molecule has 0 spiro atoms. The van der Waals surface area contributed by atoms with E-state index in [9.17, 15) is 9.59 Å². The second-order valence-electron chi connectivity index (χ2n) is 3.64. The van der Waals surface area contributed by atoms with E-state index in [1.165, 1.54) is 0 Å². The molecule has 5 N–H and O–H groups in total. The molecule has 1 amide bonds. The Hall–Kier alpha value is -2.08. The van der Waals surface area contributed by atoms with Crippen LogP contribution in [0.15, 0.2) is 18.2 Å². The molecule has 92 valence electrons. The highest BCUT2D eigenvalue weighted by Gasteiger charge is 2.20. The quantitative estimate of drug-likeness (QED) is 0.540. The number of hydrogen-bond donors (Lipinski definition) is 4. The first-order chi connectivity index (χ1) is 7.95. The zero-order chi connectivity index (χ0) is 13.0. The van der Waals surface area contributed by atoms with Crippen LogP contribution in [0.4, 0.5) is 5.69 Å². The first kappa shape index (κ1) is 13.0. The number of aryl methyl sites for hydroxylation is 1. The van der Waals surface area contributed by atoms with E-state index in [1.807, 2.05) is 0 Å². The van der Waals surface area contributed by atoms with Gasteiger partial charge in [0.15, 0.2) is 6.04 Å². The summed E-state index contributed by atoms with van der Waals surface area (Å²) in [5, 5.41) is 19.7. The molecule has 6 nitrogen and oxygen atoms in total. The summed E-state index contributed by atoms with van der Waals surface area (Å²) in [4.78, 5) is 22.4. The van der Waals surface area contributed by atoms with Crippen molar-refractivity contribution in [3.63, 3.8) is 0 Å². The Labute approximate surface area is 98.1 Å². The van der Waals surface area contributed by atoms with Gasteiger partial charge >= 0.3 is 5.97 Å². The number of nitrogens with one attached hydrogen (secondary N) is 1. The Morgan fingerprint density at radius 1 is 1.47 bits per heavy atom. The first-order valence-corrected chi connectivity index (χ1v) is 4.96. The highest BCUT2D eigenvalue weighted by atomic mass is 16.4. The molecule has 1 rings (SSSR count). The minimum Gasteiger partial charge on any atom is -0.480 e. The monoisotopic (exact) mass is 238 g/mol. The van der Waals surface area contributed by atoms with Crippen LogP contribution in [0, 0.1) is 6.92 Å². The Morgan fingerprint density at radius 2 is 2.12 bits per heavy atom. The Morgan fingerprint density at radius 3 is 2.65 bits per heavy atom. The lowest BCUT2D eigenvalue weighted by atomic mass is 10.1. The van der Waals surface area contributed by atoms with Crippen LogP contribution in [0.2, 0.25) is 0 Å². The Balaban J connectivity index is 2.89. The standard InChI is InChI=1S/C11H14N2O4/c1-6-2-3-8(12)7(4-6)10(15)13-9(5-14)11(16)17/h2-4,9,14H,5,12H2,1H3,(H,13,15)(H,16,17)/t9-/m0/s1. The van der Waals surface area contributed by atoms with Crippen LogP contribution in [-0.2, 0) is 4.79 Å². The molecule has 6 heteroatoms. The second kappa shape index (κ2) is 5.31. The van der Waals surface area contributed by atoms with Crippen LogP contribution >= 0.6 is 0 Å². The summed E-state index contributed by atoms with van der Waals surface area (Å²) in [5.74, 6) is -1.92. The number of amides is 1. The smallest absolute Gasteiger partial charge is 0.328 e. The fourth-order valence-corrected chi connectivity index (χ4v) is 1.29. The minimum absolute atomic E-state index is 0.199. The topological polar surface area (TPSA) is 113 Å². The minimum atomic E-state index is -1.33. The molecule has 0 unspecified atom stereocenters. The summed E-state index contributed by atoms with van der Waals surface area (Å²) in [7, 11) is 0. The highest BCUT2D eigenvalue weighted by molar-refractivity contribution is 6.01. The predicted molar refractivity (Wildman–Crippen MR) is 61.6 cm³/mol. The predicted octanol–water partition coefficient (Wildman–Crippen LogP) is -0.247. The van der Waals surface area contributed by atoms with Crippen LogP contribution in [0.5, 0.6) is 0 Å². The van der Waals surface area contributed by atoms with E-state index < -0.39 is 24.5 Å². The molecule has 0 aromatic heterocycles. The summed E-state index contributed by atoms with van der Waals surface area (Å²) in [6.07, 6.45) is 0. The molecule has 0 aliphatic rings. The lowest BCUT2D eigenvalue weighted by molar-refractivity contribution is -0.140. The zero-order valence-electron chi connectivity index (χ0n) is 9.30. The number of benzene rings is 1. The maximum Gasteiger partial charge on any atom is 0.328 e. The third kappa shape index (κ3) is 3.18. The molecule has 0 heterocycles. The fourth-order valence-electron chi connectivity index (χ4n) is 1.29. The van der Waals surface area contributed by atoms with Crippen molar-refractivity contribution in [1.82, 2.24) is 5.32 Å². The second-order valence-corrected chi connectivity index (χ2v) is 3.64. The van der Waals surface area contributed by atoms with Gasteiger partial charge in [0.2, 0.25) is 0 Å². The van der Waals surface area contributed by atoms with Gasteiger partial charge < -0.3 is 21.3 Å². The number of rotatable bonds is 4. The fraction of sp³-hybridized carbons (Fsp3) is 0.273. The number of nitrogen functional groups attached to an aromatic ring is 1. The Kier molecular flexibility index (Phi) is 4.06. The number of carbonyl (C=O) groups excluding carboxylic acids is 1. The van der Waals surface area contributed by atoms with Gasteiger partial charge in [-0.15, -0.1) is 0 Å². The van der Waals surface area contributed by atoms with Gasteiger partial charge in [-0.3, -0.25) is 4.79 Å². The van der Waals surface area contributed by atoms with E-state index in [0.717, 1.165) is 5.56 Å². The first-order valence-electron chi connectivity index (χ1n) is 4.96. The maximum absolute atomic E-state index is 11.7. The molecule has 0 bridgehead atoms. The molecule has 0 saturated carbocycles. The lowest BCUT2D eigenvalue weighted by Crippen LogP contribution is -2.43. The van der Waals surface area contributed by atoms with Crippen molar-refractivity contribution in [3.8, 4) is 0 Å². The average Bonchev–Trinajstić information content (AvgIpc) is 2.28. The molecule has 0 aliphatic carbocycles. The Bertz CT molecular complexity index is 445. The number of hydrogen-bond acceptors (Lipinski definition) is 4. The third-order valence-electron chi connectivity index (χ3n) is 2.24. The van der Waals surface area contributed by atoms with Crippen LogP contribution < -0.4 is 11.1 Å². The van der Waals surface area contributed by atoms with E-state index in [0.29, 0.717) is 0 Å². The van der Waals surface area contributed by atoms with Crippen LogP contribution in [0.1, 0.15) is 15.9 Å². The van der Waals surface area contributed by atoms with Crippen molar-refractivity contribution in [1.29, 1.82) is 0 Å². The van der Waals surface area contributed by atoms with Gasteiger partial charge in [0.05, 0.1) is 12.2 Å². The van der Waals surface area contributed by atoms with Gasteiger partial charge in [-0.1, -0.05) is 11.6 Å². The van der Waals surface area contributed by atoms with E-state index in [-0.39, 0.29) is 11.3 Å². The SMILES string of the molecule is Cc1ccc(N)c(C(=O)N[C@@H](CO)C(=O)O)c1. The number of carboxylic acids is 1. The van der Waals surface area contributed by atoms with Crippen molar-refractivity contribution in [2.75, 3.05) is 12.3 Å². The van der Waals surface area contributed by atoms with Crippen molar-refractivity contribution >= 4 is 17.6 Å². The largest absolute Gasteiger partial charge is 0.480 e. The molecule has 0 fully saturated rings. The van der Waals surface area contributed by atoms with Crippen LogP contribution in [-0.4, -0.2) is 34.7 Å². The van der Waals surface area contributed by atoms with Gasteiger partial charge in [-0.2, -0.15) is 0 Å². The normalized spacial score (nSPS) is 11.9. The number of aliphatic hydroxyl groups is 1. The molecule has 17 heavy (non-hydrogen) atoms. The molecular weight excluding hydrogens is 224 g/mol. The third-order valence-corrected chi connectivity index (χ3v) is 2.24. The zero-order valence-corrected chi connectivity index (χ0v) is 9.30. The van der Waals surface area contributed by atoms with Crippen LogP contribution in [0.25, 0.3) is 0 Å². The van der Waals surface area contributed by atoms with Crippen molar-refractivity contribution in [2.45, 2.75) is 13.0 Å². The van der Waals surface area contributed by atoms with E-state index in [2.05, 4.69) is 5.32 Å². The summed E-state index contributed by atoms with van der Waals surface area (Å²) in [6.45, 7) is 1.11. The van der Waals surface area contributed by atoms with Gasteiger partial charge in [0.1, 0.15) is 0 Å². The molecule has 0 saturated heterocycles. The average molecular weight is 238 g/mol.